The molecule has 5 nitrogen and oxygen atoms in total. The quantitative estimate of drug-likeness (QED) is 0.778. The predicted octanol–water partition coefficient (Wildman–Crippen LogP) is 1.93. The molecule has 3 N–H and O–H groups in total. The van der Waals surface area contributed by atoms with Gasteiger partial charge in [0.2, 0.25) is 0 Å². The van der Waals surface area contributed by atoms with Crippen molar-refractivity contribution in [2.24, 2.45) is 0 Å². The highest BCUT2D eigenvalue weighted by Gasteiger charge is 2.34. The molecule has 1 aliphatic carbocycles. The van der Waals surface area contributed by atoms with Crippen LogP contribution in [0.2, 0.25) is 0 Å². The number of nitrogens with one attached hydrogen (secondary N) is 2. The monoisotopic (exact) mass is 306 g/mol. The Kier molecular flexibility index (Phi) is 5.08. The summed E-state index contributed by atoms with van der Waals surface area (Å²) < 4.78 is 5.26. The van der Waals surface area contributed by atoms with Gasteiger partial charge in [-0.2, -0.15) is 0 Å². The van der Waals surface area contributed by atoms with Crippen LogP contribution in [0.1, 0.15) is 37.8 Å². The minimum absolute atomic E-state index is 0.212. The van der Waals surface area contributed by atoms with Gasteiger partial charge in [-0.05, 0) is 44.2 Å². The Hall–Kier alpha value is -1.59. The highest BCUT2D eigenvalue weighted by Crippen LogP contribution is 2.34. The van der Waals surface area contributed by atoms with E-state index in [9.17, 15) is 9.90 Å². The van der Waals surface area contributed by atoms with Gasteiger partial charge in [0.15, 0.2) is 0 Å². The van der Waals surface area contributed by atoms with E-state index in [0.29, 0.717) is 13.0 Å². The van der Waals surface area contributed by atoms with Gasteiger partial charge in [0.05, 0.1) is 12.1 Å². The first kappa shape index (κ1) is 16.8. The van der Waals surface area contributed by atoms with Crippen molar-refractivity contribution in [2.45, 2.75) is 44.3 Å². The molecule has 1 unspecified atom stereocenters. The number of hydrogen-bond donors (Lipinski definition) is 3. The molecule has 0 bridgehead atoms. The summed E-state index contributed by atoms with van der Waals surface area (Å²) in [7, 11) is 1.61. The van der Waals surface area contributed by atoms with Crippen molar-refractivity contribution in [3.05, 3.63) is 35.4 Å². The fourth-order valence-electron chi connectivity index (χ4n) is 2.74. The van der Waals surface area contributed by atoms with Gasteiger partial charge in [0.25, 0.3) is 0 Å². The number of aryl methyl sites for hydroxylation is 1. The van der Waals surface area contributed by atoms with Crippen molar-refractivity contribution < 1.29 is 14.6 Å². The third kappa shape index (κ3) is 3.99. The van der Waals surface area contributed by atoms with Gasteiger partial charge in [-0.25, -0.2) is 4.79 Å². The van der Waals surface area contributed by atoms with Gasteiger partial charge in [-0.1, -0.05) is 24.3 Å². The van der Waals surface area contributed by atoms with Crippen molar-refractivity contribution in [3.8, 4) is 0 Å². The van der Waals surface area contributed by atoms with Crippen LogP contribution in [0.4, 0.5) is 4.79 Å². The highest BCUT2D eigenvalue weighted by molar-refractivity contribution is 5.74. The molecule has 0 fully saturated rings. The summed E-state index contributed by atoms with van der Waals surface area (Å²) in [4.78, 5) is 11.9. The second-order valence-electron chi connectivity index (χ2n) is 6.54. The van der Waals surface area contributed by atoms with Crippen LogP contribution in [-0.4, -0.2) is 36.9 Å². The summed E-state index contributed by atoms with van der Waals surface area (Å²) in [5.41, 5.74) is 0.701. The van der Waals surface area contributed by atoms with E-state index >= 15 is 0 Å². The van der Waals surface area contributed by atoms with Crippen LogP contribution in [0.5, 0.6) is 0 Å². The predicted molar refractivity (Wildman–Crippen MR) is 85.8 cm³/mol. The summed E-state index contributed by atoms with van der Waals surface area (Å²) in [6, 6.07) is 7.61. The summed E-state index contributed by atoms with van der Waals surface area (Å²) in [6.07, 6.45) is 2.56. The lowest BCUT2D eigenvalue weighted by Crippen LogP contribution is -2.49. The topological polar surface area (TPSA) is 70.6 Å². The molecule has 5 heteroatoms. The average Bonchev–Trinajstić information content (AvgIpc) is 2.52. The summed E-state index contributed by atoms with van der Waals surface area (Å²) in [5.74, 6) is 0. The Labute approximate surface area is 132 Å². The summed E-state index contributed by atoms with van der Waals surface area (Å²) in [5, 5.41) is 16.4. The lowest BCUT2D eigenvalue weighted by molar-refractivity contribution is 0.0189. The molecule has 1 aromatic rings. The zero-order chi connectivity index (χ0) is 16.2. The molecular weight excluding hydrogens is 280 g/mol. The van der Waals surface area contributed by atoms with Crippen LogP contribution >= 0.6 is 0 Å². The van der Waals surface area contributed by atoms with Crippen LogP contribution in [0.25, 0.3) is 0 Å². The third-order valence-electron chi connectivity index (χ3n) is 4.32. The van der Waals surface area contributed by atoms with E-state index < -0.39 is 11.2 Å². The van der Waals surface area contributed by atoms with Gasteiger partial charge in [0, 0.05) is 13.7 Å². The maximum atomic E-state index is 11.9. The molecule has 122 valence electrons. The number of amides is 2. The zero-order valence-electron chi connectivity index (χ0n) is 13.6. The maximum Gasteiger partial charge on any atom is 0.315 e. The van der Waals surface area contributed by atoms with E-state index in [1.807, 2.05) is 38.1 Å². The first-order chi connectivity index (χ1) is 10.4. The van der Waals surface area contributed by atoms with Crippen molar-refractivity contribution >= 4 is 6.03 Å². The largest absolute Gasteiger partial charge is 0.383 e. The number of carbonyl (C=O) groups excluding carboxylic acids is 1. The lowest BCUT2D eigenvalue weighted by atomic mass is 9.79. The SMILES string of the molecule is COC(C)(C)CNC(=O)NCC1(O)CCCc2ccccc21. The van der Waals surface area contributed by atoms with Gasteiger partial charge in [-0.15, -0.1) is 0 Å². The molecule has 0 saturated carbocycles. The van der Waals surface area contributed by atoms with Crippen LogP contribution < -0.4 is 10.6 Å². The minimum Gasteiger partial charge on any atom is -0.383 e. The smallest absolute Gasteiger partial charge is 0.315 e. The van der Waals surface area contributed by atoms with Gasteiger partial charge >= 0.3 is 6.03 Å². The number of aliphatic hydroxyl groups is 1. The Bertz CT molecular complexity index is 530. The molecule has 0 radical (unpaired) electrons. The number of rotatable bonds is 5. The van der Waals surface area contributed by atoms with E-state index in [2.05, 4.69) is 10.6 Å². The van der Waals surface area contributed by atoms with E-state index in [1.54, 1.807) is 7.11 Å². The summed E-state index contributed by atoms with van der Waals surface area (Å²) in [6.45, 7) is 4.42. The van der Waals surface area contributed by atoms with E-state index in [4.69, 9.17) is 4.74 Å². The molecule has 0 heterocycles. The molecule has 1 aliphatic rings. The molecular formula is C17H26N2O3. The van der Waals surface area contributed by atoms with Gasteiger partial charge in [0.1, 0.15) is 5.60 Å². The first-order valence-corrected chi connectivity index (χ1v) is 7.74. The van der Waals surface area contributed by atoms with Gasteiger partial charge < -0.3 is 20.5 Å². The second-order valence-corrected chi connectivity index (χ2v) is 6.54. The number of methoxy groups -OCH3 is 1. The molecule has 0 spiro atoms. The summed E-state index contributed by atoms with van der Waals surface area (Å²) >= 11 is 0. The molecule has 0 saturated heterocycles. The van der Waals surface area contributed by atoms with E-state index in [-0.39, 0.29) is 12.6 Å². The normalized spacial score (nSPS) is 21.1. The molecule has 1 atom stereocenters. The van der Waals surface area contributed by atoms with Crippen LogP contribution in [0, 0.1) is 0 Å². The number of fused-ring (bicyclic) bond motifs is 1. The van der Waals surface area contributed by atoms with Crippen molar-refractivity contribution in [1.29, 1.82) is 0 Å². The standard InChI is InChI=1S/C17H26N2O3/c1-16(2,22-3)11-18-15(20)19-12-17(21)10-6-8-13-7-4-5-9-14(13)17/h4-5,7,9,21H,6,8,10-12H2,1-3H3,(H2,18,19,20). The molecule has 2 rings (SSSR count). The number of benzene rings is 1. The van der Waals surface area contributed by atoms with Crippen LogP contribution in [-0.2, 0) is 16.8 Å². The average molecular weight is 306 g/mol. The molecule has 0 aliphatic heterocycles. The molecule has 22 heavy (non-hydrogen) atoms. The fourth-order valence-corrected chi connectivity index (χ4v) is 2.74. The number of hydrogen-bond acceptors (Lipinski definition) is 3. The van der Waals surface area contributed by atoms with Crippen LogP contribution in [0.15, 0.2) is 24.3 Å². The van der Waals surface area contributed by atoms with Crippen molar-refractivity contribution in [3.63, 3.8) is 0 Å². The third-order valence-corrected chi connectivity index (χ3v) is 4.32. The number of ether oxygens (including phenoxy) is 1. The lowest BCUT2D eigenvalue weighted by Gasteiger charge is -2.34. The second kappa shape index (κ2) is 6.67. The zero-order valence-corrected chi connectivity index (χ0v) is 13.6. The molecule has 1 aromatic carbocycles. The fraction of sp³-hybridized carbons (Fsp3) is 0.588. The Morgan fingerprint density at radius 1 is 1.36 bits per heavy atom. The maximum absolute atomic E-state index is 11.9. The molecule has 0 aromatic heterocycles. The number of carbonyl (C=O) groups is 1. The van der Waals surface area contributed by atoms with Gasteiger partial charge in [-0.3, -0.25) is 0 Å². The number of urea groups is 1. The van der Waals surface area contributed by atoms with Crippen LogP contribution in [0.3, 0.4) is 0 Å². The molecule has 2 amide bonds. The van der Waals surface area contributed by atoms with Crippen molar-refractivity contribution in [1.82, 2.24) is 10.6 Å². The van der Waals surface area contributed by atoms with E-state index in [1.165, 1.54) is 5.56 Å². The minimum atomic E-state index is -0.983. The first-order valence-electron chi connectivity index (χ1n) is 7.74. The van der Waals surface area contributed by atoms with Crippen molar-refractivity contribution in [2.75, 3.05) is 20.2 Å². The van der Waals surface area contributed by atoms with E-state index in [0.717, 1.165) is 18.4 Å². The highest BCUT2D eigenvalue weighted by atomic mass is 16.5. The Morgan fingerprint density at radius 2 is 2.09 bits per heavy atom. The Balaban J connectivity index is 1.93. The Morgan fingerprint density at radius 3 is 2.82 bits per heavy atom.